The molecule has 1 rings (SSSR count). The van der Waals surface area contributed by atoms with Crippen molar-refractivity contribution in [3.8, 4) is 0 Å². The van der Waals surface area contributed by atoms with Crippen LogP contribution in [0.4, 0.5) is 0 Å². The van der Waals surface area contributed by atoms with Crippen LogP contribution in [0.5, 0.6) is 0 Å². The number of nitrogens with one attached hydrogen (secondary N) is 2. The quantitative estimate of drug-likeness (QED) is 0.598. The first-order chi connectivity index (χ1) is 7.69. The highest BCUT2D eigenvalue weighted by molar-refractivity contribution is 5.88. The smallest absolute Gasteiger partial charge is 0.356 e. The van der Waals surface area contributed by atoms with E-state index in [1.54, 1.807) is 13.1 Å². The summed E-state index contributed by atoms with van der Waals surface area (Å²) in [5.74, 6) is -0.409. The van der Waals surface area contributed by atoms with E-state index in [-0.39, 0.29) is 12.6 Å². The summed E-state index contributed by atoms with van der Waals surface area (Å²) in [7, 11) is 0. The molecule has 0 spiro atoms. The Morgan fingerprint density at radius 2 is 2.50 bits per heavy atom. The second-order valence-electron chi connectivity index (χ2n) is 3.46. The summed E-state index contributed by atoms with van der Waals surface area (Å²) in [5.41, 5.74) is 1.10. The number of aliphatic hydroxyl groups excluding tert-OH is 1. The van der Waals surface area contributed by atoms with Gasteiger partial charge in [0.05, 0.1) is 19.4 Å². The number of aromatic nitrogens is 2. The molecular weight excluding hydrogens is 210 g/mol. The molecule has 0 aromatic carbocycles. The fourth-order valence-corrected chi connectivity index (χ4v) is 1.17. The highest BCUT2D eigenvalue weighted by atomic mass is 16.5. The predicted octanol–water partition coefficient (Wildman–Crippen LogP) is 0.0568. The summed E-state index contributed by atoms with van der Waals surface area (Å²) in [6.45, 7) is 4.45. The number of carbonyl (C=O) groups is 1. The van der Waals surface area contributed by atoms with Gasteiger partial charge >= 0.3 is 5.97 Å². The van der Waals surface area contributed by atoms with Gasteiger partial charge in [-0.1, -0.05) is 0 Å². The Kier molecular flexibility index (Phi) is 4.94. The lowest BCUT2D eigenvalue weighted by atomic mass is 10.2. The van der Waals surface area contributed by atoms with Crippen molar-refractivity contribution in [3.05, 3.63) is 17.5 Å². The number of ether oxygens (including phenoxy) is 1. The molecule has 0 fully saturated rings. The van der Waals surface area contributed by atoms with E-state index in [0.29, 0.717) is 18.8 Å². The van der Waals surface area contributed by atoms with Crippen LogP contribution < -0.4 is 5.32 Å². The number of nitrogens with zero attached hydrogens (tertiary/aromatic N) is 1. The van der Waals surface area contributed by atoms with E-state index in [1.165, 1.54) is 0 Å². The Morgan fingerprint density at radius 3 is 3.12 bits per heavy atom. The average molecular weight is 227 g/mol. The van der Waals surface area contributed by atoms with Crippen molar-refractivity contribution in [1.29, 1.82) is 0 Å². The minimum atomic E-state index is -0.409. The maximum absolute atomic E-state index is 11.5. The number of hydrogen-bond donors (Lipinski definition) is 3. The van der Waals surface area contributed by atoms with Crippen LogP contribution in [0.15, 0.2) is 6.20 Å². The third-order valence-corrected chi connectivity index (χ3v) is 2.11. The first-order valence-electron chi connectivity index (χ1n) is 5.22. The molecule has 1 aromatic rings. The molecule has 1 aromatic heterocycles. The van der Waals surface area contributed by atoms with E-state index in [0.717, 1.165) is 5.56 Å². The average Bonchev–Trinajstić information content (AvgIpc) is 2.74. The summed E-state index contributed by atoms with van der Waals surface area (Å²) in [6, 6.07) is -0.0232. The molecule has 0 bridgehead atoms. The predicted molar refractivity (Wildman–Crippen MR) is 57.9 cm³/mol. The number of hydrogen-bond acceptors (Lipinski definition) is 5. The van der Waals surface area contributed by atoms with Gasteiger partial charge in [0, 0.05) is 18.2 Å². The molecule has 0 aliphatic heterocycles. The number of aromatic amines is 1. The van der Waals surface area contributed by atoms with E-state index in [2.05, 4.69) is 15.5 Å². The molecule has 16 heavy (non-hydrogen) atoms. The van der Waals surface area contributed by atoms with Gasteiger partial charge in [-0.3, -0.25) is 5.10 Å². The van der Waals surface area contributed by atoms with Crippen LogP contribution in [0.25, 0.3) is 0 Å². The fourth-order valence-electron chi connectivity index (χ4n) is 1.17. The number of H-pyrrole nitrogens is 1. The van der Waals surface area contributed by atoms with Crippen LogP contribution >= 0.6 is 0 Å². The van der Waals surface area contributed by atoms with Gasteiger partial charge in [-0.05, 0) is 13.8 Å². The summed E-state index contributed by atoms with van der Waals surface area (Å²) < 4.78 is 4.87. The summed E-state index contributed by atoms with van der Waals surface area (Å²) >= 11 is 0. The minimum absolute atomic E-state index is 0.0232. The molecule has 0 amide bonds. The van der Waals surface area contributed by atoms with Crippen molar-refractivity contribution < 1.29 is 14.6 Å². The maximum atomic E-state index is 11.5. The standard InChI is InChI=1S/C10H17N3O3/c1-3-16-10(15)9-8(5-12-13-9)4-11-7(2)6-14/h5,7,11,14H,3-4,6H2,1-2H3,(H,12,13)/t7-/m1/s1. The van der Waals surface area contributed by atoms with Gasteiger partial charge in [0.2, 0.25) is 0 Å². The molecular formula is C10H17N3O3. The summed E-state index contributed by atoms with van der Waals surface area (Å²) in [4.78, 5) is 11.5. The Bertz CT molecular complexity index is 338. The lowest BCUT2D eigenvalue weighted by Crippen LogP contribution is -2.29. The Hall–Kier alpha value is -1.40. The van der Waals surface area contributed by atoms with E-state index >= 15 is 0 Å². The second kappa shape index (κ2) is 6.24. The Balaban J connectivity index is 2.60. The Labute approximate surface area is 94.0 Å². The minimum Gasteiger partial charge on any atom is -0.461 e. The van der Waals surface area contributed by atoms with Gasteiger partial charge in [-0.15, -0.1) is 0 Å². The van der Waals surface area contributed by atoms with E-state index in [9.17, 15) is 4.79 Å². The second-order valence-corrected chi connectivity index (χ2v) is 3.46. The van der Waals surface area contributed by atoms with Crippen molar-refractivity contribution in [2.75, 3.05) is 13.2 Å². The van der Waals surface area contributed by atoms with Crippen LogP contribution in [0, 0.1) is 0 Å². The third kappa shape index (κ3) is 3.32. The van der Waals surface area contributed by atoms with Gasteiger partial charge in [0.15, 0.2) is 0 Å². The third-order valence-electron chi connectivity index (χ3n) is 2.11. The lowest BCUT2D eigenvalue weighted by molar-refractivity contribution is 0.0518. The molecule has 0 saturated heterocycles. The van der Waals surface area contributed by atoms with Gasteiger partial charge in [-0.2, -0.15) is 5.10 Å². The zero-order valence-corrected chi connectivity index (χ0v) is 9.49. The first-order valence-corrected chi connectivity index (χ1v) is 5.22. The SMILES string of the molecule is CCOC(=O)c1[nH]ncc1CN[C@H](C)CO. The molecule has 0 unspecified atom stereocenters. The van der Waals surface area contributed by atoms with Gasteiger partial charge in [0.25, 0.3) is 0 Å². The van der Waals surface area contributed by atoms with Crippen LogP contribution in [0.2, 0.25) is 0 Å². The summed E-state index contributed by atoms with van der Waals surface area (Å²) in [6.07, 6.45) is 1.57. The van der Waals surface area contributed by atoms with Gasteiger partial charge < -0.3 is 15.2 Å². The number of aliphatic hydroxyl groups is 1. The summed E-state index contributed by atoms with van der Waals surface area (Å²) in [5, 5.41) is 18.3. The van der Waals surface area contributed by atoms with Gasteiger partial charge in [0.1, 0.15) is 5.69 Å². The number of carbonyl (C=O) groups excluding carboxylic acids is 1. The van der Waals surface area contributed by atoms with Crippen molar-refractivity contribution >= 4 is 5.97 Å². The molecule has 0 radical (unpaired) electrons. The Morgan fingerprint density at radius 1 is 1.75 bits per heavy atom. The van der Waals surface area contributed by atoms with Crippen molar-refractivity contribution in [1.82, 2.24) is 15.5 Å². The van der Waals surface area contributed by atoms with Crippen molar-refractivity contribution in [3.63, 3.8) is 0 Å². The largest absolute Gasteiger partial charge is 0.461 e. The highest BCUT2D eigenvalue weighted by Crippen LogP contribution is 2.06. The zero-order chi connectivity index (χ0) is 12.0. The molecule has 90 valence electrons. The normalized spacial score (nSPS) is 12.4. The molecule has 1 atom stereocenters. The molecule has 6 nitrogen and oxygen atoms in total. The molecule has 0 aliphatic carbocycles. The molecule has 0 saturated carbocycles. The lowest BCUT2D eigenvalue weighted by Gasteiger charge is -2.10. The highest BCUT2D eigenvalue weighted by Gasteiger charge is 2.14. The monoisotopic (exact) mass is 227 g/mol. The van der Waals surface area contributed by atoms with Crippen LogP contribution in [0.1, 0.15) is 29.9 Å². The van der Waals surface area contributed by atoms with E-state index in [1.807, 2.05) is 6.92 Å². The number of esters is 1. The molecule has 0 aliphatic rings. The molecule has 6 heteroatoms. The fraction of sp³-hybridized carbons (Fsp3) is 0.600. The van der Waals surface area contributed by atoms with E-state index < -0.39 is 5.97 Å². The van der Waals surface area contributed by atoms with Crippen molar-refractivity contribution in [2.24, 2.45) is 0 Å². The zero-order valence-electron chi connectivity index (χ0n) is 9.49. The molecule has 1 heterocycles. The maximum Gasteiger partial charge on any atom is 0.356 e. The van der Waals surface area contributed by atoms with Crippen LogP contribution in [0.3, 0.4) is 0 Å². The number of rotatable bonds is 6. The van der Waals surface area contributed by atoms with Gasteiger partial charge in [-0.25, -0.2) is 4.79 Å². The van der Waals surface area contributed by atoms with Crippen LogP contribution in [-0.2, 0) is 11.3 Å². The van der Waals surface area contributed by atoms with Crippen molar-refractivity contribution in [2.45, 2.75) is 26.4 Å². The first kappa shape index (κ1) is 12.7. The van der Waals surface area contributed by atoms with Crippen LogP contribution in [-0.4, -0.2) is 40.5 Å². The molecule has 3 N–H and O–H groups in total. The van der Waals surface area contributed by atoms with E-state index in [4.69, 9.17) is 9.84 Å². The topological polar surface area (TPSA) is 87.2 Å².